The highest BCUT2D eigenvalue weighted by Crippen LogP contribution is 2.43. The van der Waals surface area contributed by atoms with Crippen molar-refractivity contribution < 1.29 is 9.47 Å². The van der Waals surface area contributed by atoms with E-state index in [1.807, 2.05) is 18.3 Å². The van der Waals surface area contributed by atoms with Crippen LogP contribution in [-0.2, 0) is 4.74 Å². The molecular formula is C23H22N2O2. The van der Waals surface area contributed by atoms with E-state index in [1.54, 1.807) is 14.2 Å². The van der Waals surface area contributed by atoms with Crippen molar-refractivity contribution in [3.8, 4) is 5.75 Å². The molecular weight excluding hydrogens is 336 g/mol. The first kappa shape index (κ1) is 16.3. The Labute approximate surface area is 158 Å². The molecule has 136 valence electrons. The van der Waals surface area contributed by atoms with Crippen molar-refractivity contribution in [2.75, 3.05) is 14.2 Å². The predicted octanol–water partition coefficient (Wildman–Crippen LogP) is 5.11. The molecule has 4 nitrogen and oxygen atoms in total. The number of methoxy groups -OCH3 is 2. The Morgan fingerprint density at radius 1 is 1.04 bits per heavy atom. The second kappa shape index (κ2) is 6.39. The monoisotopic (exact) mass is 358 g/mol. The number of ether oxygens (including phenoxy) is 2. The van der Waals surface area contributed by atoms with E-state index in [0.29, 0.717) is 5.92 Å². The van der Waals surface area contributed by atoms with Crippen LogP contribution in [-0.4, -0.2) is 23.8 Å². The zero-order chi connectivity index (χ0) is 18.4. The molecule has 1 atom stereocenters. The summed E-state index contributed by atoms with van der Waals surface area (Å²) in [5.41, 5.74) is 4.65. The maximum Gasteiger partial charge on any atom is 0.118 e. The van der Waals surface area contributed by atoms with Crippen molar-refractivity contribution >= 4 is 16.3 Å². The molecule has 4 aromatic rings. The van der Waals surface area contributed by atoms with E-state index in [0.717, 1.165) is 22.4 Å². The molecule has 2 heterocycles. The number of benzene rings is 2. The van der Waals surface area contributed by atoms with Crippen LogP contribution < -0.4 is 4.74 Å². The highest BCUT2D eigenvalue weighted by molar-refractivity contribution is 5.98. The molecule has 0 saturated heterocycles. The van der Waals surface area contributed by atoms with Crippen LogP contribution in [0.15, 0.2) is 60.8 Å². The normalized spacial score (nSPS) is 15.3. The third-order valence-electron chi connectivity index (χ3n) is 5.49. The van der Waals surface area contributed by atoms with E-state index in [-0.39, 0.29) is 6.10 Å². The summed E-state index contributed by atoms with van der Waals surface area (Å²) in [5.74, 6) is 1.46. The summed E-state index contributed by atoms with van der Waals surface area (Å²) in [5, 5.41) is 7.25. The number of hydrogen-bond acceptors (Lipinski definition) is 3. The molecule has 2 aromatic heterocycles. The Morgan fingerprint density at radius 3 is 2.52 bits per heavy atom. The Hall–Kier alpha value is -2.85. The van der Waals surface area contributed by atoms with Gasteiger partial charge in [-0.15, -0.1) is 0 Å². The van der Waals surface area contributed by atoms with Crippen molar-refractivity contribution in [2.24, 2.45) is 0 Å². The van der Waals surface area contributed by atoms with E-state index in [2.05, 4.69) is 47.0 Å². The SMILES string of the molecule is COc1ccc(C(OC)c2cnn3c(C4CC4)cc4ccccc4c23)cc1. The van der Waals surface area contributed by atoms with Gasteiger partial charge in [0.25, 0.3) is 0 Å². The second-order valence-corrected chi connectivity index (χ2v) is 7.18. The molecule has 2 aromatic carbocycles. The molecule has 1 unspecified atom stereocenters. The molecule has 0 N–H and O–H groups in total. The summed E-state index contributed by atoms with van der Waals surface area (Å²) in [7, 11) is 3.44. The van der Waals surface area contributed by atoms with Crippen LogP contribution in [0.3, 0.4) is 0 Å². The first-order valence-corrected chi connectivity index (χ1v) is 9.36. The van der Waals surface area contributed by atoms with Crippen LogP contribution in [0.2, 0.25) is 0 Å². The fourth-order valence-corrected chi connectivity index (χ4v) is 3.97. The van der Waals surface area contributed by atoms with Gasteiger partial charge in [0, 0.05) is 29.7 Å². The molecule has 0 bridgehead atoms. The van der Waals surface area contributed by atoms with Crippen molar-refractivity contribution in [3.63, 3.8) is 0 Å². The summed E-state index contributed by atoms with van der Waals surface area (Å²) in [6.07, 6.45) is 4.28. The molecule has 4 heteroatoms. The van der Waals surface area contributed by atoms with Crippen LogP contribution in [0, 0.1) is 0 Å². The average molecular weight is 358 g/mol. The summed E-state index contributed by atoms with van der Waals surface area (Å²) in [6.45, 7) is 0. The molecule has 5 rings (SSSR count). The van der Waals surface area contributed by atoms with Crippen molar-refractivity contribution in [1.29, 1.82) is 0 Å². The van der Waals surface area contributed by atoms with Crippen LogP contribution >= 0.6 is 0 Å². The first-order chi connectivity index (χ1) is 13.3. The highest BCUT2D eigenvalue weighted by Gasteiger charge is 2.29. The zero-order valence-electron chi connectivity index (χ0n) is 15.6. The third kappa shape index (κ3) is 2.68. The molecule has 0 spiro atoms. The van der Waals surface area contributed by atoms with Crippen LogP contribution in [0.4, 0.5) is 0 Å². The number of aromatic nitrogens is 2. The Morgan fingerprint density at radius 2 is 1.81 bits per heavy atom. The summed E-state index contributed by atoms with van der Waals surface area (Å²) in [4.78, 5) is 0. The molecule has 1 aliphatic rings. The first-order valence-electron chi connectivity index (χ1n) is 9.36. The standard InChI is InChI=1S/C23H22N2O2/c1-26-18-11-9-16(10-12-18)23(27-2)20-14-24-25-21(15-7-8-15)13-17-5-3-4-6-19(17)22(20)25/h3-6,9-15,23H,7-8H2,1-2H3. The maximum atomic E-state index is 5.93. The van der Waals surface area contributed by atoms with E-state index >= 15 is 0 Å². The average Bonchev–Trinajstić information content (AvgIpc) is 3.48. The van der Waals surface area contributed by atoms with E-state index in [9.17, 15) is 0 Å². The summed E-state index contributed by atoms with van der Waals surface area (Å²) >= 11 is 0. The number of nitrogens with zero attached hydrogens (tertiary/aromatic N) is 2. The zero-order valence-corrected chi connectivity index (χ0v) is 15.6. The van der Waals surface area contributed by atoms with Gasteiger partial charge in [-0.25, -0.2) is 4.52 Å². The molecule has 0 radical (unpaired) electrons. The van der Waals surface area contributed by atoms with Gasteiger partial charge in [-0.1, -0.05) is 36.4 Å². The second-order valence-electron chi connectivity index (χ2n) is 7.18. The Balaban J connectivity index is 1.74. The van der Waals surface area contributed by atoms with Crippen molar-refractivity contribution in [1.82, 2.24) is 9.61 Å². The molecule has 1 aliphatic carbocycles. The van der Waals surface area contributed by atoms with Gasteiger partial charge in [0.1, 0.15) is 11.9 Å². The lowest BCUT2D eigenvalue weighted by Gasteiger charge is -2.17. The number of fused-ring (bicyclic) bond motifs is 3. The van der Waals surface area contributed by atoms with Gasteiger partial charge in [0.2, 0.25) is 0 Å². The fraction of sp³-hybridized carbons (Fsp3) is 0.261. The van der Waals surface area contributed by atoms with Gasteiger partial charge in [-0.05, 0) is 42.0 Å². The molecule has 0 aliphatic heterocycles. The fourth-order valence-electron chi connectivity index (χ4n) is 3.97. The predicted molar refractivity (Wildman–Crippen MR) is 107 cm³/mol. The Bertz CT molecular complexity index is 1110. The van der Waals surface area contributed by atoms with Crippen LogP contribution in [0.25, 0.3) is 16.3 Å². The van der Waals surface area contributed by atoms with Crippen LogP contribution in [0.5, 0.6) is 5.75 Å². The van der Waals surface area contributed by atoms with E-state index < -0.39 is 0 Å². The summed E-state index contributed by atoms with van der Waals surface area (Å²) < 4.78 is 13.4. The van der Waals surface area contributed by atoms with Gasteiger partial charge in [0.15, 0.2) is 0 Å². The van der Waals surface area contributed by atoms with Crippen molar-refractivity contribution in [2.45, 2.75) is 24.9 Å². The van der Waals surface area contributed by atoms with Gasteiger partial charge >= 0.3 is 0 Å². The Kier molecular flexibility index (Phi) is 3.87. The largest absolute Gasteiger partial charge is 0.497 e. The number of rotatable bonds is 5. The van der Waals surface area contributed by atoms with E-state index in [1.165, 1.54) is 29.3 Å². The smallest absolute Gasteiger partial charge is 0.118 e. The minimum absolute atomic E-state index is 0.175. The molecule has 1 saturated carbocycles. The number of pyridine rings is 1. The minimum atomic E-state index is -0.175. The van der Waals surface area contributed by atoms with Crippen molar-refractivity contribution in [3.05, 3.63) is 77.6 Å². The van der Waals surface area contributed by atoms with E-state index in [4.69, 9.17) is 14.6 Å². The lowest BCUT2D eigenvalue weighted by atomic mass is 9.99. The van der Waals surface area contributed by atoms with Gasteiger partial charge in [-0.3, -0.25) is 0 Å². The van der Waals surface area contributed by atoms with Crippen LogP contribution in [0.1, 0.15) is 41.7 Å². The number of hydrogen-bond donors (Lipinski definition) is 0. The highest BCUT2D eigenvalue weighted by atomic mass is 16.5. The summed E-state index contributed by atoms with van der Waals surface area (Å²) in [6, 6.07) is 18.9. The lowest BCUT2D eigenvalue weighted by Crippen LogP contribution is -2.04. The van der Waals surface area contributed by atoms with Gasteiger partial charge in [-0.2, -0.15) is 5.10 Å². The maximum absolute atomic E-state index is 5.93. The molecule has 0 amide bonds. The minimum Gasteiger partial charge on any atom is -0.497 e. The van der Waals surface area contributed by atoms with Gasteiger partial charge in [0.05, 0.1) is 18.8 Å². The quantitative estimate of drug-likeness (QED) is 0.497. The topological polar surface area (TPSA) is 35.8 Å². The molecule has 27 heavy (non-hydrogen) atoms. The molecule has 1 fully saturated rings. The third-order valence-corrected chi connectivity index (χ3v) is 5.49. The lowest BCUT2D eigenvalue weighted by molar-refractivity contribution is 0.137. The van der Waals surface area contributed by atoms with Gasteiger partial charge < -0.3 is 9.47 Å².